The second kappa shape index (κ2) is 7.54. The minimum atomic E-state index is -0.951. The molecule has 2 aromatic rings. The zero-order valence-electron chi connectivity index (χ0n) is 17.0. The fourth-order valence-corrected chi connectivity index (χ4v) is 5.26. The molecule has 1 spiro atoms. The molecule has 4 heterocycles. The molecule has 158 valence electrons. The molecule has 1 aromatic carbocycles. The summed E-state index contributed by atoms with van der Waals surface area (Å²) in [5.41, 5.74) is 0.549. The molecule has 30 heavy (non-hydrogen) atoms. The van der Waals surface area contributed by atoms with Crippen LogP contribution in [0.1, 0.15) is 42.5 Å². The van der Waals surface area contributed by atoms with Crippen molar-refractivity contribution in [1.82, 2.24) is 9.88 Å². The normalized spacial score (nSPS) is 23.9. The fourth-order valence-electron chi connectivity index (χ4n) is 5.26. The van der Waals surface area contributed by atoms with E-state index in [4.69, 9.17) is 9.72 Å². The molecule has 1 N–H and O–H groups in total. The average Bonchev–Trinajstić information content (AvgIpc) is 3.36. The molecule has 7 nitrogen and oxygen atoms in total. The minimum absolute atomic E-state index is 0.000410. The molecule has 7 heteroatoms. The topological polar surface area (TPSA) is 83.0 Å². The smallest absolute Gasteiger partial charge is 0.336 e. The number of para-hydroxylation sites is 1. The molecule has 0 aliphatic carbocycles. The number of cyclic esters (lactones) is 1. The van der Waals surface area contributed by atoms with Gasteiger partial charge in [0.05, 0.1) is 16.5 Å². The molecule has 5 rings (SSSR count). The van der Waals surface area contributed by atoms with E-state index in [1.165, 1.54) is 12.8 Å². The maximum Gasteiger partial charge on any atom is 0.336 e. The van der Waals surface area contributed by atoms with Gasteiger partial charge in [0.2, 0.25) is 0 Å². The van der Waals surface area contributed by atoms with Gasteiger partial charge in [0.1, 0.15) is 11.9 Å². The highest BCUT2D eigenvalue weighted by molar-refractivity contribution is 6.03. The Morgan fingerprint density at radius 3 is 2.63 bits per heavy atom. The predicted octanol–water partition coefficient (Wildman–Crippen LogP) is 2.93. The molecule has 1 unspecified atom stereocenters. The van der Waals surface area contributed by atoms with E-state index in [0.29, 0.717) is 29.8 Å². The van der Waals surface area contributed by atoms with Gasteiger partial charge in [-0.1, -0.05) is 18.2 Å². The molecule has 1 atom stereocenters. The van der Waals surface area contributed by atoms with Crippen LogP contribution in [0.25, 0.3) is 10.9 Å². The van der Waals surface area contributed by atoms with Gasteiger partial charge in [-0.25, -0.2) is 9.78 Å². The standard InChI is InChI=1S/C23H27N3O4/c27-21(28)18-13-20(24-19-6-2-1-5-17(18)19)26-11-7-23(8-12-26)14-16(30-22(23)29)15-25-9-3-4-10-25/h1-2,5-6,13,16H,3-4,7-12,14-15H2,(H,27,28). The quantitative estimate of drug-likeness (QED) is 0.778. The Morgan fingerprint density at radius 1 is 1.17 bits per heavy atom. The van der Waals surface area contributed by atoms with Gasteiger partial charge in [-0.15, -0.1) is 0 Å². The molecule has 1 aromatic heterocycles. The molecule has 3 aliphatic rings. The van der Waals surface area contributed by atoms with Gasteiger partial charge in [-0.2, -0.15) is 0 Å². The minimum Gasteiger partial charge on any atom is -0.478 e. The van der Waals surface area contributed by atoms with E-state index >= 15 is 0 Å². The van der Waals surface area contributed by atoms with E-state index in [2.05, 4.69) is 9.80 Å². The second-order valence-corrected chi connectivity index (χ2v) is 8.86. The Morgan fingerprint density at radius 2 is 1.90 bits per heavy atom. The van der Waals surface area contributed by atoms with Crippen molar-refractivity contribution in [2.45, 2.75) is 38.2 Å². The highest BCUT2D eigenvalue weighted by atomic mass is 16.6. The number of carboxylic acid groups (broad SMARTS) is 1. The summed E-state index contributed by atoms with van der Waals surface area (Å²) in [6.45, 7) is 4.42. The van der Waals surface area contributed by atoms with Crippen LogP contribution in [0.2, 0.25) is 0 Å². The number of pyridine rings is 1. The lowest BCUT2D eigenvalue weighted by molar-refractivity contribution is -0.150. The summed E-state index contributed by atoms with van der Waals surface area (Å²) in [6.07, 6.45) is 4.70. The number of aromatic nitrogens is 1. The summed E-state index contributed by atoms with van der Waals surface area (Å²) in [4.78, 5) is 33.7. The van der Waals surface area contributed by atoms with E-state index in [-0.39, 0.29) is 17.6 Å². The monoisotopic (exact) mass is 409 g/mol. The van der Waals surface area contributed by atoms with Crippen molar-refractivity contribution in [2.24, 2.45) is 5.41 Å². The predicted molar refractivity (Wildman–Crippen MR) is 113 cm³/mol. The molecule has 3 fully saturated rings. The van der Waals surface area contributed by atoms with Crippen molar-refractivity contribution in [3.8, 4) is 0 Å². The number of hydrogen-bond acceptors (Lipinski definition) is 6. The lowest BCUT2D eigenvalue weighted by Gasteiger charge is -2.37. The Balaban J connectivity index is 1.31. The van der Waals surface area contributed by atoms with Crippen molar-refractivity contribution in [2.75, 3.05) is 37.6 Å². The van der Waals surface area contributed by atoms with Crippen LogP contribution >= 0.6 is 0 Å². The third-order valence-corrected chi connectivity index (χ3v) is 6.96. The number of benzene rings is 1. The third-order valence-electron chi connectivity index (χ3n) is 6.96. The number of rotatable bonds is 4. The number of ether oxygens (including phenoxy) is 1. The SMILES string of the molecule is O=C(O)c1cc(N2CCC3(CC2)CC(CN2CCCC2)OC3=O)nc2ccccc12. The maximum atomic E-state index is 12.7. The molecule has 0 saturated carbocycles. The Bertz CT molecular complexity index is 978. The van der Waals surface area contributed by atoms with E-state index < -0.39 is 11.4 Å². The van der Waals surface area contributed by atoms with Gasteiger partial charge in [0.15, 0.2) is 0 Å². The first-order valence-electron chi connectivity index (χ1n) is 10.9. The second-order valence-electron chi connectivity index (χ2n) is 8.86. The van der Waals surface area contributed by atoms with Crippen molar-refractivity contribution >= 4 is 28.7 Å². The number of fused-ring (bicyclic) bond motifs is 1. The highest BCUT2D eigenvalue weighted by Crippen LogP contribution is 2.44. The lowest BCUT2D eigenvalue weighted by atomic mass is 9.76. The molecule has 0 bridgehead atoms. The highest BCUT2D eigenvalue weighted by Gasteiger charge is 2.50. The van der Waals surface area contributed by atoms with Crippen LogP contribution in [0.5, 0.6) is 0 Å². The molecular formula is C23H27N3O4. The number of carboxylic acids is 1. The van der Waals surface area contributed by atoms with Crippen LogP contribution in [0, 0.1) is 5.41 Å². The summed E-state index contributed by atoms with van der Waals surface area (Å²) >= 11 is 0. The zero-order chi connectivity index (χ0) is 20.7. The van der Waals surface area contributed by atoms with Crippen LogP contribution in [0.15, 0.2) is 30.3 Å². The van der Waals surface area contributed by atoms with Crippen LogP contribution < -0.4 is 4.90 Å². The molecule has 3 aliphatic heterocycles. The van der Waals surface area contributed by atoms with Crippen molar-refractivity contribution in [3.63, 3.8) is 0 Å². The lowest BCUT2D eigenvalue weighted by Crippen LogP contribution is -2.43. The van der Waals surface area contributed by atoms with Gasteiger partial charge in [-0.05, 0) is 50.9 Å². The van der Waals surface area contributed by atoms with E-state index in [1.807, 2.05) is 18.2 Å². The zero-order valence-corrected chi connectivity index (χ0v) is 17.0. The van der Waals surface area contributed by atoms with Crippen molar-refractivity contribution in [1.29, 1.82) is 0 Å². The summed E-state index contributed by atoms with van der Waals surface area (Å²) in [5.74, 6) is -0.336. The number of carbonyl (C=O) groups excluding carboxylic acids is 1. The van der Waals surface area contributed by atoms with Gasteiger partial charge < -0.3 is 14.7 Å². The number of piperidine rings is 1. The molecular weight excluding hydrogens is 382 g/mol. The fraction of sp³-hybridized carbons (Fsp3) is 0.522. The van der Waals surface area contributed by atoms with Gasteiger partial charge in [-0.3, -0.25) is 9.69 Å². The summed E-state index contributed by atoms with van der Waals surface area (Å²) in [7, 11) is 0. The Hall–Kier alpha value is -2.67. The van der Waals surface area contributed by atoms with Crippen molar-refractivity contribution < 1.29 is 19.4 Å². The van der Waals surface area contributed by atoms with E-state index in [9.17, 15) is 14.7 Å². The van der Waals surface area contributed by atoms with Gasteiger partial charge in [0.25, 0.3) is 0 Å². The number of esters is 1. The van der Waals surface area contributed by atoms with Gasteiger partial charge in [0, 0.05) is 31.4 Å². The first-order valence-corrected chi connectivity index (χ1v) is 10.9. The summed E-state index contributed by atoms with van der Waals surface area (Å²) < 4.78 is 5.77. The Kier molecular flexibility index (Phi) is 4.85. The summed E-state index contributed by atoms with van der Waals surface area (Å²) in [6, 6.07) is 8.98. The van der Waals surface area contributed by atoms with Crippen LogP contribution in [-0.4, -0.2) is 65.8 Å². The number of aromatic carboxylic acids is 1. The number of likely N-dealkylation sites (tertiary alicyclic amines) is 1. The van der Waals surface area contributed by atoms with E-state index in [0.717, 1.165) is 38.9 Å². The largest absolute Gasteiger partial charge is 0.478 e. The van der Waals surface area contributed by atoms with Crippen LogP contribution in [0.3, 0.4) is 0 Å². The molecule has 3 saturated heterocycles. The number of hydrogen-bond donors (Lipinski definition) is 1. The van der Waals surface area contributed by atoms with Crippen molar-refractivity contribution in [3.05, 3.63) is 35.9 Å². The number of carbonyl (C=O) groups is 2. The first-order chi connectivity index (χ1) is 14.5. The number of nitrogens with zero attached hydrogens (tertiary/aromatic N) is 3. The molecule has 0 amide bonds. The van der Waals surface area contributed by atoms with Crippen LogP contribution in [-0.2, 0) is 9.53 Å². The maximum absolute atomic E-state index is 12.7. The van der Waals surface area contributed by atoms with E-state index in [1.54, 1.807) is 12.1 Å². The first kappa shape index (κ1) is 19.3. The number of anilines is 1. The average molecular weight is 409 g/mol. The Labute approximate surface area is 175 Å². The third kappa shape index (κ3) is 3.41. The van der Waals surface area contributed by atoms with Crippen LogP contribution in [0.4, 0.5) is 5.82 Å². The molecule has 0 radical (unpaired) electrons. The summed E-state index contributed by atoms with van der Waals surface area (Å²) in [5, 5.41) is 10.3. The van der Waals surface area contributed by atoms with Gasteiger partial charge >= 0.3 is 11.9 Å².